The third-order valence-corrected chi connectivity index (χ3v) is 2.42. The van der Waals surface area contributed by atoms with E-state index in [4.69, 9.17) is 4.74 Å². The molecule has 0 aliphatic carbocycles. The van der Waals surface area contributed by atoms with Crippen molar-refractivity contribution in [2.45, 2.75) is 6.10 Å². The highest BCUT2D eigenvalue weighted by Crippen LogP contribution is 2.33. The largest absolute Gasteiger partial charge is 0.477 e. The molecule has 1 heterocycles. The van der Waals surface area contributed by atoms with E-state index < -0.39 is 6.10 Å². The Kier molecular flexibility index (Phi) is 2.64. The summed E-state index contributed by atoms with van der Waals surface area (Å²) in [5.74, 6) is 0.437. The molecule has 0 bridgehead atoms. The van der Waals surface area contributed by atoms with Crippen LogP contribution in [0.2, 0.25) is 0 Å². The van der Waals surface area contributed by atoms with Gasteiger partial charge in [-0.15, -0.1) is 0 Å². The standard InChI is InChI=1S/C12H8O4/c13-5-9-8-3-1-2-4-11(8)16-12(7-15)10(9)6-14/h1-7,12H. The zero-order valence-corrected chi connectivity index (χ0v) is 8.25. The highest BCUT2D eigenvalue weighted by atomic mass is 16.5. The van der Waals surface area contributed by atoms with Gasteiger partial charge in [-0.25, -0.2) is 0 Å². The maximum Gasteiger partial charge on any atom is 0.183 e. The zero-order valence-electron chi connectivity index (χ0n) is 8.25. The van der Waals surface area contributed by atoms with Crippen LogP contribution in [0.15, 0.2) is 29.8 Å². The first-order valence-electron chi connectivity index (χ1n) is 4.67. The van der Waals surface area contributed by atoms with E-state index in [-0.39, 0.29) is 11.1 Å². The maximum absolute atomic E-state index is 11.0. The first kappa shape index (κ1) is 10.3. The summed E-state index contributed by atoms with van der Waals surface area (Å²) < 4.78 is 5.30. The van der Waals surface area contributed by atoms with Crippen molar-refractivity contribution in [1.29, 1.82) is 0 Å². The molecule has 1 aliphatic rings. The number of hydrogen-bond acceptors (Lipinski definition) is 4. The Bertz CT molecular complexity index is 488. The van der Waals surface area contributed by atoms with Crippen molar-refractivity contribution in [2.24, 2.45) is 0 Å². The molecule has 0 aromatic heterocycles. The van der Waals surface area contributed by atoms with Gasteiger partial charge in [0.05, 0.1) is 5.57 Å². The highest BCUT2D eigenvalue weighted by Gasteiger charge is 2.27. The molecule has 0 N–H and O–H groups in total. The van der Waals surface area contributed by atoms with Gasteiger partial charge in [0, 0.05) is 11.1 Å². The van der Waals surface area contributed by atoms with Gasteiger partial charge in [-0.05, 0) is 6.07 Å². The summed E-state index contributed by atoms with van der Waals surface area (Å²) in [4.78, 5) is 32.6. The second kappa shape index (κ2) is 4.10. The number of ether oxygens (including phenoxy) is 1. The van der Waals surface area contributed by atoms with Gasteiger partial charge < -0.3 is 4.74 Å². The molecule has 80 valence electrons. The first-order valence-corrected chi connectivity index (χ1v) is 4.67. The molecule has 2 rings (SSSR count). The summed E-state index contributed by atoms with van der Waals surface area (Å²) in [5, 5.41) is 0. The predicted molar refractivity (Wildman–Crippen MR) is 56.0 cm³/mol. The van der Waals surface area contributed by atoms with Crippen molar-refractivity contribution in [2.75, 3.05) is 0 Å². The Labute approximate surface area is 91.5 Å². The number of para-hydroxylation sites is 1. The van der Waals surface area contributed by atoms with Crippen LogP contribution in [0, 0.1) is 0 Å². The molecule has 1 aromatic rings. The lowest BCUT2D eigenvalue weighted by atomic mass is 9.95. The van der Waals surface area contributed by atoms with Crippen LogP contribution in [-0.4, -0.2) is 25.0 Å². The fourth-order valence-electron chi connectivity index (χ4n) is 1.66. The number of allylic oxidation sites excluding steroid dienone is 1. The molecule has 1 aliphatic heterocycles. The van der Waals surface area contributed by atoms with Crippen molar-refractivity contribution >= 4 is 24.4 Å². The molecule has 4 heteroatoms. The number of rotatable bonds is 3. The predicted octanol–water partition coefficient (Wildman–Crippen LogP) is 0.798. The second-order valence-corrected chi connectivity index (χ2v) is 3.28. The molecule has 4 nitrogen and oxygen atoms in total. The van der Waals surface area contributed by atoms with E-state index in [1.54, 1.807) is 24.3 Å². The van der Waals surface area contributed by atoms with Gasteiger partial charge in [0.15, 0.2) is 25.0 Å². The summed E-state index contributed by atoms with van der Waals surface area (Å²) in [6.45, 7) is 0. The fourth-order valence-corrected chi connectivity index (χ4v) is 1.66. The monoisotopic (exact) mass is 216 g/mol. The summed E-state index contributed by atoms with van der Waals surface area (Å²) in [6.07, 6.45) is 0.566. The third kappa shape index (κ3) is 1.44. The number of carbonyl (C=O) groups excluding carboxylic acids is 3. The van der Waals surface area contributed by atoms with Crippen molar-refractivity contribution in [3.05, 3.63) is 35.4 Å². The number of aldehydes is 3. The summed E-state index contributed by atoms with van der Waals surface area (Å²) in [5.41, 5.74) is 0.829. The van der Waals surface area contributed by atoms with Crippen LogP contribution in [0.25, 0.3) is 5.57 Å². The first-order chi connectivity index (χ1) is 7.81. The number of fused-ring (bicyclic) bond motifs is 1. The lowest BCUT2D eigenvalue weighted by molar-refractivity contribution is -0.114. The van der Waals surface area contributed by atoms with Gasteiger partial charge in [0.1, 0.15) is 5.75 Å². The molecule has 0 radical (unpaired) electrons. The minimum atomic E-state index is -0.993. The summed E-state index contributed by atoms with van der Waals surface area (Å²) in [7, 11) is 0. The van der Waals surface area contributed by atoms with E-state index in [0.29, 0.717) is 30.2 Å². The average Bonchev–Trinajstić information content (AvgIpc) is 2.36. The van der Waals surface area contributed by atoms with Crippen molar-refractivity contribution in [3.63, 3.8) is 0 Å². The minimum absolute atomic E-state index is 0.0729. The number of carbonyl (C=O) groups is 3. The Balaban J connectivity index is 2.68. The van der Waals surface area contributed by atoms with E-state index >= 15 is 0 Å². The summed E-state index contributed by atoms with van der Waals surface area (Å²) in [6, 6.07) is 6.78. The molecule has 1 aromatic carbocycles. The molecular formula is C12H8O4. The van der Waals surface area contributed by atoms with Crippen molar-refractivity contribution < 1.29 is 19.1 Å². The fraction of sp³-hybridized carbons (Fsp3) is 0.0833. The SMILES string of the molecule is O=CC1=C(C=O)C(C=O)Oc2ccccc21. The number of benzene rings is 1. The van der Waals surface area contributed by atoms with Gasteiger partial charge in [0.25, 0.3) is 0 Å². The Morgan fingerprint density at radius 3 is 2.44 bits per heavy atom. The topological polar surface area (TPSA) is 60.4 Å². The van der Waals surface area contributed by atoms with Crippen LogP contribution in [0.4, 0.5) is 0 Å². The lowest BCUT2D eigenvalue weighted by Gasteiger charge is -2.23. The van der Waals surface area contributed by atoms with E-state index in [1.807, 2.05) is 0 Å². The quantitative estimate of drug-likeness (QED) is 0.701. The maximum atomic E-state index is 11.0. The molecule has 0 saturated carbocycles. The molecule has 0 amide bonds. The Morgan fingerprint density at radius 1 is 1.06 bits per heavy atom. The Hall–Kier alpha value is -2.23. The third-order valence-electron chi connectivity index (χ3n) is 2.42. The van der Waals surface area contributed by atoms with Crippen LogP contribution in [0.3, 0.4) is 0 Å². The van der Waals surface area contributed by atoms with Crippen LogP contribution in [0.5, 0.6) is 5.75 Å². The normalized spacial score (nSPS) is 18.4. The molecule has 0 saturated heterocycles. The van der Waals surface area contributed by atoms with Gasteiger partial charge >= 0.3 is 0 Å². The van der Waals surface area contributed by atoms with Crippen molar-refractivity contribution in [1.82, 2.24) is 0 Å². The zero-order chi connectivity index (χ0) is 11.5. The lowest BCUT2D eigenvalue weighted by Crippen LogP contribution is -2.27. The number of hydrogen-bond donors (Lipinski definition) is 0. The molecule has 0 fully saturated rings. The van der Waals surface area contributed by atoms with Gasteiger partial charge in [-0.3, -0.25) is 14.4 Å². The second-order valence-electron chi connectivity index (χ2n) is 3.28. The minimum Gasteiger partial charge on any atom is -0.477 e. The van der Waals surface area contributed by atoms with Gasteiger partial charge in [0.2, 0.25) is 0 Å². The molecule has 1 unspecified atom stereocenters. The van der Waals surface area contributed by atoms with E-state index in [2.05, 4.69) is 0 Å². The summed E-state index contributed by atoms with van der Waals surface area (Å²) >= 11 is 0. The van der Waals surface area contributed by atoms with E-state index in [0.717, 1.165) is 0 Å². The van der Waals surface area contributed by atoms with Crippen LogP contribution >= 0.6 is 0 Å². The van der Waals surface area contributed by atoms with E-state index in [9.17, 15) is 14.4 Å². The molecule has 16 heavy (non-hydrogen) atoms. The van der Waals surface area contributed by atoms with Crippen LogP contribution in [-0.2, 0) is 14.4 Å². The van der Waals surface area contributed by atoms with Gasteiger partial charge in [-0.2, -0.15) is 0 Å². The van der Waals surface area contributed by atoms with Crippen LogP contribution in [0.1, 0.15) is 5.56 Å². The molecule has 1 atom stereocenters. The molecule has 0 spiro atoms. The highest BCUT2D eigenvalue weighted by molar-refractivity contribution is 6.16. The van der Waals surface area contributed by atoms with Gasteiger partial charge in [-0.1, -0.05) is 18.2 Å². The van der Waals surface area contributed by atoms with Crippen LogP contribution < -0.4 is 4.74 Å². The van der Waals surface area contributed by atoms with Crippen molar-refractivity contribution in [3.8, 4) is 5.75 Å². The average molecular weight is 216 g/mol. The van der Waals surface area contributed by atoms with E-state index in [1.165, 1.54) is 0 Å². The molecular weight excluding hydrogens is 208 g/mol. The Morgan fingerprint density at radius 2 is 1.81 bits per heavy atom. The smallest absolute Gasteiger partial charge is 0.183 e.